The van der Waals surface area contributed by atoms with Crippen LogP contribution in [0.3, 0.4) is 0 Å². The first kappa shape index (κ1) is 16.3. The molecule has 2 aliphatic rings. The van der Waals surface area contributed by atoms with Gasteiger partial charge in [0.15, 0.2) is 0 Å². The second kappa shape index (κ2) is 6.97. The topological polar surface area (TPSA) is 16.1 Å². The van der Waals surface area contributed by atoms with Crippen molar-refractivity contribution in [2.75, 3.05) is 13.1 Å². The lowest BCUT2D eigenvalue weighted by Gasteiger charge is -2.49. The van der Waals surface area contributed by atoms with Gasteiger partial charge < -0.3 is 0 Å². The first-order valence-electron chi connectivity index (χ1n) is 9.41. The molecule has 4 rings (SSSR count). The summed E-state index contributed by atoms with van der Waals surface area (Å²) in [5, 5.41) is 3.47. The Kier molecular flexibility index (Phi) is 4.73. The van der Waals surface area contributed by atoms with Crippen molar-refractivity contribution in [3.63, 3.8) is 0 Å². The zero-order chi connectivity index (χ0) is 16.4. The van der Waals surface area contributed by atoms with Crippen LogP contribution in [0.1, 0.15) is 56.0 Å². The van der Waals surface area contributed by atoms with Gasteiger partial charge in [-0.1, -0.05) is 56.5 Å². The molecule has 2 fully saturated rings. The van der Waals surface area contributed by atoms with Crippen molar-refractivity contribution in [3.8, 4) is 0 Å². The number of benzene rings is 1. The molecule has 3 atom stereocenters. The molecule has 0 aliphatic carbocycles. The number of hydrogen-bond acceptors (Lipinski definition) is 3. The number of nitrogens with zero attached hydrogens (tertiary/aromatic N) is 2. The monoisotopic (exact) mass is 339 g/mol. The fraction of sp³-hybridized carbons (Fsp3) is 0.524. The van der Waals surface area contributed by atoms with Crippen LogP contribution in [0.2, 0.25) is 0 Å². The van der Waals surface area contributed by atoms with Crippen molar-refractivity contribution in [1.82, 2.24) is 9.88 Å². The summed E-state index contributed by atoms with van der Waals surface area (Å²) in [7, 11) is 0. The van der Waals surface area contributed by atoms with E-state index in [1.807, 2.05) is 17.5 Å². The van der Waals surface area contributed by atoms with E-state index in [1.165, 1.54) is 62.2 Å². The van der Waals surface area contributed by atoms with Gasteiger partial charge in [-0.05, 0) is 37.3 Å². The first-order chi connectivity index (χ1) is 11.8. The quantitative estimate of drug-likeness (QED) is 0.667. The lowest BCUT2D eigenvalue weighted by atomic mass is 9.69. The molecule has 0 spiro atoms. The Labute approximate surface area is 149 Å². The molecular weight excluding hydrogens is 312 g/mol. The molecule has 1 aromatic heterocycles. The van der Waals surface area contributed by atoms with Crippen molar-refractivity contribution in [2.24, 2.45) is 5.92 Å². The van der Waals surface area contributed by atoms with E-state index >= 15 is 0 Å². The molecule has 0 N–H and O–H groups in total. The zero-order valence-corrected chi connectivity index (χ0v) is 15.4. The third-order valence-corrected chi connectivity index (χ3v) is 6.79. The Morgan fingerprint density at radius 1 is 1.25 bits per heavy atom. The summed E-state index contributed by atoms with van der Waals surface area (Å²) in [6.45, 7) is 4.78. The van der Waals surface area contributed by atoms with Crippen LogP contribution < -0.4 is 0 Å². The molecular formula is C21H27N2S. The van der Waals surface area contributed by atoms with Crippen molar-refractivity contribution in [2.45, 2.75) is 51.0 Å². The number of unbranched alkanes of at least 4 members (excludes halogenated alkanes) is 2. The third kappa shape index (κ3) is 2.72. The van der Waals surface area contributed by atoms with E-state index in [0.29, 0.717) is 0 Å². The van der Waals surface area contributed by atoms with Crippen LogP contribution in [0.4, 0.5) is 0 Å². The molecule has 127 valence electrons. The van der Waals surface area contributed by atoms with Crippen LogP contribution in [-0.4, -0.2) is 23.0 Å². The molecule has 0 amide bonds. The van der Waals surface area contributed by atoms with Gasteiger partial charge in [0, 0.05) is 24.0 Å². The number of piperidine rings is 1. The van der Waals surface area contributed by atoms with Gasteiger partial charge in [0.2, 0.25) is 0 Å². The van der Waals surface area contributed by atoms with E-state index < -0.39 is 0 Å². The van der Waals surface area contributed by atoms with Gasteiger partial charge in [-0.25, -0.2) is 4.98 Å². The molecule has 1 aromatic carbocycles. The van der Waals surface area contributed by atoms with Gasteiger partial charge in [0.1, 0.15) is 5.01 Å². The van der Waals surface area contributed by atoms with Crippen molar-refractivity contribution in [1.29, 1.82) is 0 Å². The van der Waals surface area contributed by atoms with Gasteiger partial charge in [-0.2, -0.15) is 0 Å². The fourth-order valence-corrected chi connectivity index (χ4v) is 5.65. The molecule has 2 saturated heterocycles. The number of fused-ring (bicyclic) bond motifs is 2. The van der Waals surface area contributed by atoms with Crippen molar-refractivity contribution in [3.05, 3.63) is 58.4 Å². The Bertz CT molecular complexity index is 639. The second-order valence-corrected chi connectivity index (χ2v) is 8.20. The van der Waals surface area contributed by atoms with E-state index in [9.17, 15) is 0 Å². The smallest absolute Gasteiger partial charge is 0.114 e. The minimum atomic E-state index is 0.0394. The summed E-state index contributed by atoms with van der Waals surface area (Å²) in [6.07, 6.45) is 9.67. The number of thiazole rings is 1. The van der Waals surface area contributed by atoms with E-state index in [0.717, 1.165) is 5.92 Å². The highest BCUT2D eigenvalue weighted by Gasteiger charge is 2.54. The summed E-state index contributed by atoms with van der Waals surface area (Å²) in [6, 6.07) is 11.1. The third-order valence-electron chi connectivity index (χ3n) is 5.87. The van der Waals surface area contributed by atoms with Crippen LogP contribution in [0, 0.1) is 11.8 Å². The molecule has 2 aromatic rings. The van der Waals surface area contributed by atoms with Crippen LogP contribution >= 0.6 is 11.3 Å². The maximum absolute atomic E-state index is 4.84. The van der Waals surface area contributed by atoms with Gasteiger partial charge >= 0.3 is 0 Å². The molecule has 3 unspecified atom stereocenters. The average molecular weight is 340 g/mol. The average Bonchev–Trinajstić information content (AvgIpc) is 3.29. The van der Waals surface area contributed by atoms with Crippen molar-refractivity contribution < 1.29 is 0 Å². The summed E-state index contributed by atoms with van der Waals surface area (Å²) in [5.41, 5.74) is 1.47. The van der Waals surface area contributed by atoms with Crippen LogP contribution in [-0.2, 0) is 5.54 Å². The minimum Gasteiger partial charge on any atom is -0.290 e. The Hall–Kier alpha value is -1.19. The molecule has 2 aliphatic heterocycles. The molecule has 3 heteroatoms. The summed E-state index contributed by atoms with van der Waals surface area (Å²) in [4.78, 5) is 7.60. The van der Waals surface area contributed by atoms with Gasteiger partial charge in [-0.15, -0.1) is 11.3 Å². The minimum absolute atomic E-state index is 0.0394. The van der Waals surface area contributed by atoms with Gasteiger partial charge in [0.25, 0.3) is 0 Å². The number of rotatable bonds is 6. The zero-order valence-electron chi connectivity index (χ0n) is 14.6. The predicted molar refractivity (Wildman–Crippen MR) is 101 cm³/mol. The van der Waals surface area contributed by atoms with Gasteiger partial charge in [-0.3, -0.25) is 4.90 Å². The Morgan fingerprint density at radius 2 is 2.12 bits per heavy atom. The molecule has 1 radical (unpaired) electrons. The summed E-state index contributed by atoms with van der Waals surface area (Å²) in [5.74, 6) is 2.46. The SMILES string of the molecule is CCCCCC1(c2nccs2)[C](c2ccccc2)CC2CCN1C2. The summed E-state index contributed by atoms with van der Waals surface area (Å²) >= 11 is 1.85. The highest BCUT2D eigenvalue weighted by atomic mass is 32.1. The van der Waals surface area contributed by atoms with E-state index in [1.54, 1.807) is 5.92 Å². The molecule has 3 heterocycles. The molecule has 0 saturated carbocycles. The fourth-order valence-electron chi connectivity index (χ4n) is 4.73. The summed E-state index contributed by atoms with van der Waals surface area (Å²) < 4.78 is 0. The van der Waals surface area contributed by atoms with Crippen LogP contribution in [0.5, 0.6) is 0 Å². The highest BCUT2D eigenvalue weighted by molar-refractivity contribution is 7.09. The Morgan fingerprint density at radius 3 is 2.88 bits per heavy atom. The molecule has 24 heavy (non-hydrogen) atoms. The van der Waals surface area contributed by atoms with Crippen LogP contribution in [0.15, 0.2) is 41.9 Å². The predicted octanol–water partition coefficient (Wildman–Crippen LogP) is 5.27. The molecule has 2 bridgehead atoms. The molecule has 2 nitrogen and oxygen atoms in total. The van der Waals surface area contributed by atoms with Gasteiger partial charge in [0.05, 0.1) is 5.54 Å². The lowest BCUT2D eigenvalue weighted by Crippen LogP contribution is -2.52. The number of aromatic nitrogens is 1. The van der Waals surface area contributed by atoms with Crippen molar-refractivity contribution >= 4 is 11.3 Å². The standard InChI is InChI=1S/C21H27N2S/c1-2-3-7-11-21(20-22-12-14-24-20)19(18-8-5-4-6-9-18)15-17-10-13-23(21)16-17/h4-6,8-9,12,14,17H,2-3,7,10-11,13,15-16H2,1H3. The Balaban J connectivity index is 1.79. The second-order valence-electron chi connectivity index (χ2n) is 7.30. The lowest BCUT2D eigenvalue weighted by molar-refractivity contribution is 0.0850. The number of hydrogen-bond donors (Lipinski definition) is 0. The first-order valence-corrected chi connectivity index (χ1v) is 10.3. The van der Waals surface area contributed by atoms with E-state index in [2.05, 4.69) is 47.5 Å². The van der Waals surface area contributed by atoms with E-state index in [-0.39, 0.29) is 5.54 Å². The van der Waals surface area contributed by atoms with Crippen LogP contribution in [0.25, 0.3) is 0 Å². The normalized spacial score (nSPS) is 29.9. The highest BCUT2D eigenvalue weighted by Crippen LogP contribution is 2.54. The largest absolute Gasteiger partial charge is 0.290 e. The maximum Gasteiger partial charge on any atom is 0.114 e. The van der Waals surface area contributed by atoms with E-state index in [4.69, 9.17) is 4.98 Å². The maximum atomic E-state index is 4.84.